The first-order valence-corrected chi connectivity index (χ1v) is 8.01. The molecule has 1 saturated heterocycles. The van der Waals surface area contributed by atoms with Crippen LogP contribution in [0.4, 0.5) is 5.69 Å². The minimum atomic E-state index is -0.683. The van der Waals surface area contributed by atoms with Crippen molar-refractivity contribution in [2.45, 2.75) is 50.6 Å². The average molecular weight is 338 g/mol. The quantitative estimate of drug-likeness (QED) is 0.890. The first-order valence-electron chi connectivity index (χ1n) is 8.01. The summed E-state index contributed by atoms with van der Waals surface area (Å²) >= 11 is 0. The lowest BCUT2D eigenvalue weighted by Gasteiger charge is -2.33. The van der Waals surface area contributed by atoms with Crippen molar-refractivity contribution in [2.75, 3.05) is 11.9 Å². The van der Waals surface area contributed by atoms with Gasteiger partial charge in [-0.1, -0.05) is 0 Å². The highest BCUT2D eigenvalue weighted by atomic mass is 35.5. The van der Waals surface area contributed by atoms with E-state index in [0.717, 1.165) is 32.2 Å². The molecule has 1 aliphatic heterocycles. The van der Waals surface area contributed by atoms with Gasteiger partial charge in [-0.25, -0.2) is 0 Å². The Balaban J connectivity index is 0.00000192. The molecular formula is C17H24ClN3O2. The summed E-state index contributed by atoms with van der Waals surface area (Å²) in [4.78, 5) is 26.4. The van der Waals surface area contributed by atoms with Crippen LogP contribution in [-0.2, 0) is 4.79 Å². The maximum atomic E-state index is 12.5. The van der Waals surface area contributed by atoms with Gasteiger partial charge in [0.2, 0.25) is 5.91 Å². The van der Waals surface area contributed by atoms with Gasteiger partial charge in [-0.3, -0.25) is 9.59 Å². The Labute approximate surface area is 143 Å². The number of hydrogen-bond donors (Lipinski definition) is 2. The number of halogens is 1. The van der Waals surface area contributed by atoms with E-state index in [4.69, 9.17) is 5.73 Å². The number of carbonyl (C=O) groups is 2. The largest absolute Gasteiger partial charge is 0.336 e. The molecule has 1 aliphatic carbocycles. The standard InChI is InChI=1S/C17H23N3O2.ClH/c1-12-4-2-3-11-20(12)15(21)13-5-7-14(8-6-13)19-16(22)17(18)9-10-17;/h5-8,12H,2-4,9-11,18H2,1H3,(H,19,22);1H. The van der Waals surface area contributed by atoms with Crippen LogP contribution in [0, 0.1) is 0 Å². The predicted molar refractivity (Wildman–Crippen MR) is 92.8 cm³/mol. The summed E-state index contributed by atoms with van der Waals surface area (Å²) in [5, 5.41) is 2.81. The van der Waals surface area contributed by atoms with E-state index in [0.29, 0.717) is 17.3 Å². The van der Waals surface area contributed by atoms with Crippen LogP contribution in [0.5, 0.6) is 0 Å². The number of benzene rings is 1. The maximum absolute atomic E-state index is 12.5. The predicted octanol–water partition coefficient (Wildman–Crippen LogP) is 2.55. The molecule has 2 amide bonds. The number of amides is 2. The van der Waals surface area contributed by atoms with Crippen LogP contribution < -0.4 is 11.1 Å². The highest BCUT2D eigenvalue weighted by Gasteiger charge is 2.45. The molecule has 1 unspecified atom stereocenters. The van der Waals surface area contributed by atoms with Crippen LogP contribution in [0.15, 0.2) is 24.3 Å². The Bertz CT molecular complexity index is 584. The van der Waals surface area contributed by atoms with Crippen molar-refractivity contribution in [1.82, 2.24) is 4.90 Å². The van der Waals surface area contributed by atoms with E-state index in [9.17, 15) is 9.59 Å². The van der Waals surface area contributed by atoms with Crippen molar-refractivity contribution in [3.8, 4) is 0 Å². The molecule has 1 aromatic rings. The van der Waals surface area contributed by atoms with Gasteiger partial charge in [-0.05, 0) is 63.3 Å². The van der Waals surface area contributed by atoms with Crippen molar-refractivity contribution in [2.24, 2.45) is 5.73 Å². The first kappa shape index (κ1) is 17.8. The minimum Gasteiger partial charge on any atom is -0.336 e. The summed E-state index contributed by atoms with van der Waals surface area (Å²) < 4.78 is 0. The molecule has 1 heterocycles. The highest BCUT2D eigenvalue weighted by molar-refractivity contribution is 6.00. The molecule has 0 aromatic heterocycles. The fourth-order valence-electron chi connectivity index (χ4n) is 2.88. The molecule has 23 heavy (non-hydrogen) atoms. The molecule has 3 N–H and O–H groups in total. The van der Waals surface area contributed by atoms with Gasteiger partial charge >= 0.3 is 0 Å². The molecule has 1 saturated carbocycles. The van der Waals surface area contributed by atoms with Crippen LogP contribution >= 0.6 is 12.4 Å². The number of piperidine rings is 1. The van der Waals surface area contributed by atoms with Crippen molar-refractivity contribution in [3.63, 3.8) is 0 Å². The highest BCUT2D eigenvalue weighted by Crippen LogP contribution is 2.33. The van der Waals surface area contributed by atoms with Gasteiger partial charge < -0.3 is 16.0 Å². The molecule has 6 heteroatoms. The molecule has 1 aromatic carbocycles. The van der Waals surface area contributed by atoms with Gasteiger partial charge in [0, 0.05) is 23.8 Å². The van der Waals surface area contributed by atoms with Crippen molar-refractivity contribution >= 4 is 29.9 Å². The second kappa shape index (κ2) is 6.89. The number of nitrogens with zero attached hydrogens (tertiary/aromatic N) is 1. The van der Waals surface area contributed by atoms with E-state index in [2.05, 4.69) is 12.2 Å². The Morgan fingerprint density at radius 2 is 1.87 bits per heavy atom. The van der Waals surface area contributed by atoms with Crippen LogP contribution in [-0.4, -0.2) is 34.8 Å². The fourth-order valence-corrected chi connectivity index (χ4v) is 2.88. The van der Waals surface area contributed by atoms with E-state index in [1.165, 1.54) is 6.42 Å². The molecule has 0 radical (unpaired) electrons. The Hall–Kier alpha value is -1.59. The topological polar surface area (TPSA) is 75.4 Å². The smallest absolute Gasteiger partial charge is 0.254 e. The van der Waals surface area contributed by atoms with E-state index in [-0.39, 0.29) is 24.2 Å². The Kier molecular flexibility index (Phi) is 5.32. The number of carbonyl (C=O) groups excluding carboxylic acids is 2. The van der Waals surface area contributed by atoms with Crippen LogP contribution in [0.2, 0.25) is 0 Å². The van der Waals surface area contributed by atoms with E-state index in [1.54, 1.807) is 24.3 Å². The number of anilines is 1. The lowest BCUT2D eigenvalue weighted by molar-refractivity contribution is -0.118. The Morgan fingerprint density at radius 3 is 2.43 bits per heavy atom. The zero-order chi connectivity index (χ0) is 15.7. The molecular weight excluding hydrogens is 314 g/mol. The molecule has 0 bridgehead atoms. The summed E-state index contributed by atoms with van der Waals surface area (Å²) in [7, 11) is 0. The van der Waals surface area contributed by atoms with Crippen molar-refractivity contribution in [1.29, 1.82) is 0 Å². The fraction of sp³-hybridized carbons (Fsp3) is 0.529. The monoisotopic (exact) mass is 337 g/mol. The van der Waals surface area contributed by atoms with Crippen LogP contribution in [0.3, 0.4) is 0 Å². The third-order valence-corrected chi connectivity index (χ3v) is 4.69. The number of hydrogen-bond acceptors (Lipinski definition) is 3. The van der Waals surface area contributed by atoms with E-state index >= 15 is 0 Å². The normalized spacial score (nSPS) is 22.0. The van der Waals surface area contributed by atoms with Crippen LogP contribution in [0.1, 0.15) is 49.4 Å². The number of likely N-dealkylation sites (tertiary alicyclic amines) is 1. The molecule has 2 fully saturated rings. The molecule has 1 atom stereocenters. The third-order valence-electron chi connectivity index (χ3n) is 4.69. The SMILES string of the molecule is CC1CCCCN1C(=O)c1ccc(NC(=O)C2(N)CC2)cc1.Cl. The van der Waals surface area contributed by atoms with Gasteiger partial charge in [0.1, 0.15) is 0 Å². The van der Waals surface area contributed by atoms with Crippen LogP contribution in [0.25, 0.3) is 0 Å². The van der Waals surface area contributed by atoms with Gasteiger partial charge in [-0.2, -0.15) is 0 Å². The summed E-state index contributed by atoms with van der Waals surface area (Å²) in [5.74, 6) is -0.0706. The Morgan fingerprint density at radius 1 is 1.22 bits per heavy atom. The molecule has 3 rings (SSSR count). The second-order valence-electron chi connectivity index (χ2n) is 6.53. The van der Waals surface area contributed by atoms with Gasteiger partial charge in [0.15, 0.2) is 0 Å². The molecule has 126 valence electrons. The number of nitrogens with one attached hydrogen (secondary N) is 1. The number of rotatable bonds is 3. The van der Waals surface area contributed by atoms with Gasteiger partial charge in [0.25, 0.3) is 5.91 Å². The van der Waals surface area contributed by atoms with Gasteiger partial charge in [0.05, 0.1) is 5.54 Å². The van der Waals surface area contributed by atoms with Crippen molar-refractivity contribution in [3.05, 3.63) is 29.8 Å². The number of nitrogens with two attached hydrogens (primary N) is 1. The second-order valence-corrected chi connectivity index (χ2v) is 6.53. The minimum absolute atomic E-state index is 0. The van der Waals surface area contributed by atoms with Crippen molar-refractivity contribution < 1.29 is 9.59 Å². The zero-order valence-electron chi connectivity index (χ0n) is 13.4. The first-order chi connectivity index (χ1) is 10.5. The van der Waals surface area contributed by atoms with E-state index < -0.39 is 5.54 Å². The van der Waals surface area contributed by atoms with E-state index in [1.807, 2.05) is 4.90 Å². The summed E-state index contributed by atoms with van der Waals surface area (Å²) in [5.41, 5.74) is 6.53. The maximum Gasteiger partial charge on any atom is 0.254 e. The zero-order valence-corrected chi connectivity index (χ0v) is 14.2. The molecule has 0 spiro atoms. The summed E-state index contributed by atoms with van der Waals surface area (Å²) in [6, 6.07) is 7.38. The third kappa shape index (κ3) is 3.85. The lowest BCUT2D eigenvalue weighted by Crippen LogP contribution is -2.42. The lowest BCUT2D eigenvalue weighted by atomic mass is 10.0. The average Bonchev–Trinajstić information content (AvgIpc) is 3.27. The molecule has 2 aliphatic rings. The summed E-state index contributed by atoms with van der Waals surface area (Å²) in [6.07, 6.45) is 4.81. The molecule has 5 nitrogen and oxygen atoms in total. The summed E-state index contributed by atoms with van der Waals surface area (Å²) in [6.45, 7) is 2.93. The van der Waals surface area contributed by atoms with Gasteiger partial charge in [-0.15, -0.1) is 12.4 Å².